The summed E-state index contributed by atoms with van der Waals surface area (Å²) in [7, 11) is 0. The lowest BCUT2D eigenvalue weighted by molar-refractivity contribution is 0.0141. The van der Waals surface area contributed by atoms with Crippen molar-refractivity contribution in [3.63, 3.8) is 0 Å². The highest BCUT2D eigenvalue weighted by Gasteiger charge is 2.22. The van der Waals surface area contributed by atoms with Crippen molar-refractivity contribution in [2.75, 3.05) is 0 Å². The highest BCUT2D eigenvalue weighted by molar-refractivity contribution is 4.76. The lowest BCUT2D eigenvalue weighted by Gasteiger charge is -2.26. The van der Waals surface area contributed by atoms with Crippen molar-refractivity contribution in [3.05, 3.63) is 0 Å². The van der Waals surface area contributed by atoms with Crippen LogP contribution < -0.4 is 0 Å². The smallest absolute Gasteiger partial charge is 0.0645 e. The summed E-state index contributed by atoms with van der Waals surface area (Å²) in [4.78, 5) is 0. The Labute approximate surface area is 96.3 Å². The third kappa shape index (κ3) is 7.84. The van der Waals surface area contributed by atoms with E-state index in [1.165, 1.54) is 44.9 Å². The minimum Gasteiger partial charge on any atom is -0.390 e. The zero-order chi connectivity index (χ0) is 11.6. The summed E-state index contributed by atoms with van der Waals surface area (Å²) in [5.74, 6) is 0. The predicted molar refractivity (Wildman–Crippen MR) is 68.1 cm³/mol. The Hall–Kier alpha value is -0.0400. The molecule has 1 nitrogen and oxygen atoms in total. The maximum absolute atomic E-state index is 10.3. The Morgan fingerprint density at radius 2 is 1.20 bits per heavy atom. The first kappa shape index (κ1) is 15.0. The fourth-order valence-corrected chi connectivity index (χ4v) is 2.06. The van der Waals surface area contributed by atoms with Crippen LogP contribution in [-0.4, -0.2) is 10.7 Å². The summed E-state index contributed by atoms with van der Waals surface area (Å²) in [6.45, 7) is 6.56. The maximum atomic E-state index is 10.3. The largest absolute Gasteiger partial charge is 0.390 e. The molecule has 0 aliphatic rings. The molecule has 0 saturated carbocycles. The number of unbranched alkanes of at least 4 members (excludes halogenated alkanes) is 5. The van der Waals surface area contributed by atoms with Crippen LogP contribution >= 0.6 is 0 Å². The Morgan fingerprint density at radius 3 is 1.67 bits per heavy atom. The minimum absolute atomic E-state index is 0.358. The average molecular weight is 214 g/mol. The van der Waals surface area contributed by atoms with E-state index in [0.29, 0.717) is 0 Å². The second-order valence-electron chi connectivity index (χ2n) is 4.85. The molecule has 0 spiro atoms. The van der Waals surface area contributed by atoms with E-state index in [1.54, 1.807) is 0 Å². The van der Waals surface area contributed by atoms with Crippen molar-refractivity contribution in [1.29, 1.82) is 0 Å². The molecule has 0 bridgehead atoms. The van der Waals surface area contributed by atoms with Gasteiger partial charge in [-0.3, -0.25) is 0 Å². The number of aliphatic hydroxyl groups is 1. The molecule has 0 aromatic heterocycles. The summed E-state index contributed by atoms with van der Waals surface area (Å²) in [5.41, 5.74) is -0.358. The molecule has 0 amide bonds. The van der Waals surface area contributed by atoms with Crippen LogP contribution in [0.3, 0.4) is 0 Å². The normalized spacial score (nSPS) is 15.2. The maximum Gasteiger partial charge on any atom is 0.0645 e. The van der Waals surface area contributed by atoms with Gasteiger partial charge in [0.05, 0.1) is 5.60 Å². The quantitative estimate of drug-likeness (QED) is 0.524. The van der Waals surface area contributed by atoms with E-state index in [0.717, 1.165) is 19.3 Å². The highest BCUT2D eigenvalue weighted by Crippen LogP contribution is 2.25. The number of hydrogen-bond donors (Lipinski definition) is 1. The van der Waals surface area contributed by atoms with Gasteiger partial charge in [-0.25, -0.2) is 0 Å². The average Bonchev–Trinajstić information content (AvgIpc) is 2.25. The Kier molecular flexibility index (Phi) is 9.18. The van der Waals surface area contributed by atoms with Gasteiger partial charge < -0.3 is 5.11 Å². The van der Waals surface area contributed by atoms with E-state index in [4.69, 9.17) is 0 Å². The Balaban J connectivity index is 3.65. The molecule has 0 aliphatic carbocycles. The van der Waals surface area contributed by atoms with E-state index >= 15 is 0 Å². The standard InChI is InChI=1S/C14H30O/c1-4-7-9-11-13-14(15,6-3)12-10-8-5-2/h15H,4-13H2,1-3H3. The lowest BCUT2D eigenvalue weighted by Crippen LogP contribution is -2.27. The van der Waals surface area contributed by atoms with Crippen molar-refractivity contribution >= 4 is 0 Å². The van der Waals surface area contributed by atoms with Gasteiger partial charge >= 0.3 is 0 Å². The number of rotatable bonds is 10. The summed E-state index contributed by atoms with van der Waals surface area (Å²) in [6.07, 6.45) is 11.7. The van der Waals surface area contributed by atoms with Crippen LogP contribution in [-0.2, 0) is 0 Å². The second kappa shape index (κ2) is 9.21. The molecule has 1 N–H and O–H groups in total. The molecule has 0 aromatic rings. The van der Waals surface area contributed by atoms with Gasteiger partial charge in [0.2, 0.25) is 0 Å². The molecule has 0 rings (SSSR count). The van der Waals surface area contributed by atoms with Gasteiger partial charge in [-0.05, 0) is 19.3 Å². The fraction of sp³-hybridized carbons (Fsp3) is 1.00. The van der Waals surface area contributed by atoms with Crippen LogP contribution in [0, 0.1) is 0 Å². The van der Waals surface area contributed by atoms with Crippen LogP contribution in [0.5, 0.6) is 0 Å². The van der Waals surface area contributed by atoms with Gasteiger partial charge in [0.1, 0.15) is 0 Å². The monoisotopic (exact) mass is 214 g/mol. The van der Waals surface area contributed by atoms with Crippen molar-refractivity contribution in [2.45, 2.75) is 90.6 Å². The summed E-state index contributed by atoms with van der Waals surface area (Å²) in [6, 6.07) is 0. The topological polar surface area (TPSA) is 20.2 Å². The van der Waals surface area contributed by atoms with E-state index in [1.807, 2.05) is 0 Å². The molecule has 15 heavy (non-hydrogen) atoms. The molecule has 92 valence electrons. The molecular weight excluding hydrogens is 184 g/mol. The molecule has 1 unspecified atom stereocenters. The molecule has 0 heterocycles. The van der Waals surface area contributed by atoms with Crippen LogP contribution in [0.25, 0.3) is 0 Å². The van der Waals surface area contributed by atoms with Gasteiger partial charge in [-0.2, -0.15) is 0 Å². The summed E-state index contributed by atoms with van der Waals surface area (Å²) < 4.78 is 0. The third-order valence-electron chi connectivity index (χ3n) is 3.40. The van der Waals surface area contributed by atoms with Gasteiger partial charge in [0.25, 0.3) is 0 Å². The molecule has 0 radical (unpaired) electrons. The first-order chi connectivity index (χ1) is 7.18. The Bertz CT molecular complexity index is 133. The minimum atomic E-state index is -0.358. The van der Waals surface area contributed by atoms with Crippen molar-refractivity contribution in [3.8, 4) is 0 Å². The van der Waals surface area contributed by atoms with Crippen LogP contribution in [0.4, 0.5) is 0 Å². The first-order valence-corrected chi connectivity index (χ1v) is 6.91. The van der Waals surface area contributed by atoms with Crippen molar-refractivity contribution in [2.24, 2.45) is 0 Å². The lowest BCUT2D eigenvalue weighted by atomic mass is 9.88. The van der Waals surface area contributed by atoms with Crippen LogP contribution in [0.15, 0.2) is 0 Å². The van der Waals surface area contributed by atoms with Crippen LogP contribution in [0.1, 0.15) is 85.0 Å². The van der Waals surface area contributed by atoms with E-state index < -0.39 is 0 Å². The SMILES string of the molecule is CCCCCCC(O)(CC)CCCCC. The van der Waals surface area contributed by atoms with Crippen LogP contribution in [0.2, 0.25) is 0 Å². The molecule has 0 saturated heterocycles. The third-order valence-corrected chi connectivity index (χ3v) is 3.40. The highest BCUT2D eigenvalue weighted by atomic mass is 16.3. The number of hydrogen-bond acceptors (Lipinski definition) is 1. The van der Waals surface area contributed by atoms with Gasteiger partial charge in [-0.15, -0.1) is 0 Å². The van der Waals surface area contributed by atoms with E-state index in [-0.39, 0.29) is 5.60 Å². The van der Waals surface area contributed by atoms with Crippen molar-refractivity contribution < 1.29 is 5.11 Å². The van der Waals surface area contributed by atoms with E-state index in [2.05, 4.69) is 20.8 Å². The molecule has 0 fully saturated rings. The molecule has 1 atom stereocenters. The van der Waals surface area contributed by atoms with Gasteiger partial charge in [0, 0.05) is 0 Å². The second-order valence-corrected chi connectivity index (χ2v) is 4.85. The fourth-order valence-electron chi connectivity index (χ4n) is 2.06. The van der Waals surface area contributed by atoms with E-state index in [9.17, 15) is 5.11 Å². The zero-order valence-corrected chi connectivity index (χ0v) is 11.0. The summed E-state index contributed by atoms with van der Waals surface area (Å²) in [5, 5.41) is 10.3. The molecule has 0 aromatic carbocycles. The van der Waals surface area contributed by atoms with Gasteiger partial charge in [0.15, 0.2) is 0 Å². The molecule has 0 aliphatic heterocycles. The van der Waals surface area contributed by atoms with Gasteiger partial charge in [-0.1, -0.05) is 65.7 Å². The molecule has 1 heteroatoms. The molecular formula is C14H30O. The Morgan fingerprint density at radius 1 is 0.733 bits per heavy atom. The zero-order valence-electron chi connectivity index (χ0n) is 11.0. The predicted octanol–water partition coefficient (Wildman–Crippen LogP) is 4.68. The first-order valence-electron chi connectivity index (χ1n) is 6.91. The van der Waals surface area contributed by atoms with Crippen molar-refractivity contribution in [1.82, 2.24) is 0 Å². The summed E-state index contributed by atoms with van der Waals surface area (Å²) >= 11 is 0.